The van der Waals surface area contributed by atoms with Gasteiger partial charge in [-0.2, -0.15) is 15.6 Å². The third-order valence-electron chi connectivity index (χ3n) is 1.79. The van der Waals surface area contributed by atoms with Crippen LogP contribution in [0.2, 0.25) is 0 Å². The number of H-pyrrole nitrogens is 1. The Hall–Kier alpha value is -1.67. The molecule has 1 heterocycles. The van der Waals surface area contributed by atoms with Crippen molar-refractivity contribution < 1.29 is 0 Å². The van der Waals surface area contributed by atoms with E-state index in [9.17, 15) is 0 Å². The summed E-state index contributed by atoms with van der Waals surface area (Å²) in [6.07, 6.45) is 0. The van der Waals surface area contributed by atoms with Crippen LogP contribution in [0.1, 0.15) is 5.56 Å². The van der Waals surface area contributed by atoms with Gasteiger partial charge < -0.3 is 0 Å². The van der Waals surface area contributed by atoms with E-state index in [-0.39, 0.29) is 0 Å². The fourth-order valence-corrected chi connectivity index (χ4v) is 1.50. The number of halogens is 1. The van der Waals surface area contributed by atoms with Gasteiger partial charge in [-0.15, -0.1) is 5.10 Å². The van der Waals surface area contributed by atoms with Gasteiger partial charge >= 0.3 is 0 Å². The zero-order valence-corrected chi connectivity index (χ0v) is 8.62. The molecule has 0 atom stereocenters. The molecule has 1 aromatic heterocycles. The third-order valence-corrected chi connectivity index (χ3v) is 2.35. The van der Waals surface area contributed by atoms with Crippen molar-refractivity contribution in [3.63, 3.8) is 0 Å². The summed E-state index contributed by atoms with van der Waals surface area (Å²) in [4.78, 5) is 0. The van der Waals surface area contributed by atoms with Crippen LogP contribution in [0.5, 0.6) is 0 Å². The quantitative estimate of drug-likeness (QED) is 0.841. The molecule has 0 spiro atoms. The highest BCUT2D eigenvalue weighted by atomic mass is 79.9. The van der Waals surface area contributed by atoms with Crippen LogP contribution in [-0.2, 0) is 0 Å². The van der Waals surface area contributed by atoms with Gasteiger partial charge in [0, 0.05) is 5.56 Å². The highest BCUT2D eigenvalue weighted by molar-refractivity contribution is 9.10. The SMILES string of the molecule is N#Cc1ccc(-c2n[nH]nc2Br)cc1. The molecule has 4 nitrogen and oxygen atoms in total. The van der Waals surface area contributed by atoms with Crippen LogP contribution in [0.3, 0.4) is 0 Å². The smallest absolute Gasteiger partial charge is 0.156 e. The average Bonchev–Trinajstić information content (AvgIpc) is 2.65. The lowest BCUT2D eigenvalue weighted by molar-refractivity contribution is 0.935. The van der Waals surface area contributed by atoms with E-state index < -0.39 is 0 Å². The van der Waals surface area contributed by atoms with Crippen molar-refractivity contribution in [3.05, 3.63) is 34.4 Å². The third kappa shape index (κ3) is 1.52. The van der Waals surface area contributed by atoms with E-state index in [1.165, 1.54) is 0 Å². The lowest BCUT2D eigenvalue weighted by Gasteiger charge is -1.95. The number of nitriles is 1. The van der Waals surface area contributed by atoms with Gasteiger partial charge in [-0.05, 0) is 28.1 Å². The number of aromatic amines is 1. The van der Waals surface area contributed by atoms with Crippen LogP contribution in [0, 0.1) is 11.3 Å². The first-order valence-electron chi connectivity index (χ1n) is 3.88. The topological polar surface area (TPSA) is 65.4 Å². The summed E-state index contributed by atoms with van der Waals surface area (Å²) < 4.78 is 0.669. The fourth-order valence-electron chi connectivity index (χ4n) is 1.10. The molecule has 5 heteroatoms. The Bertz CT molecular complexity index is 480. The van der Waals surface area contributed by atoms with Gasteiger partial charge in [0.2, 0.25) is 0 Å². The van der Waals surface area contributed by atoms with Crippen LogP contribution >= 0.6 is 15.9 Å². The summed E-state index contributed by atoms with van der Waals surface area (Å²) in [5.41, 5.74) is 2.30. The van der Waals surface area contributed by atoms with E-state index in [2.05, 4.69) is 37.4 Å². The minimum atomic E-state index is 0.633. The molecule has 0 amide bonds. The molecule has 0 aliphatic rings. The zero-order chi connectivity index (χ0) is 9.97. The molecule has 0 aliphatic carbocycles. The van der Waals surface area contributed by atoms with E-state index >= 15 is 0 Å². The number of nitrogens with zero attached hydrogens (tertiary/aromatic N) is 3. The molecule has 1 aromatic carbocycles. The molecule has 0 radical (unpaired) electrons. The second-order valence-corrected chi connectivity index (χ2v) is 3.40. The first-order valence-corrected chi connectivity index (χ1v) is 4.67. The van der Waals surface area contributed by atoms with E-state index in [0.717, 1.165) is 11.3 Å². The molecule has 0 unspecified atom stereocenters. The Morgan fingerprint density at radius 2 is 1.93 bits per heavy atom. The molecule has 14 heavy (non-hydrogen) atoms. The predicted molar refractivity (Wildman–Crippen MR) is 54.2 cm³/mol. The minimum Gasteiger partial charge on any atom is -0.196 e. The standard InChI is InChI=1S/C9H5BrN4/c10-9-8(12-14-13-9)7-3-1-6(5-11)2-4-7/h1-4H,(H,12,13,14). The molecule has 0 saturated carbocycles. The van der Waals surface area contributed by atoms with E-state index in [1.54, 1.807) is 12.1 Å². The maximum atomic E-state index is 8.62. The Kier molecular flexibility index (Phi) is 2.29. The molecule has 0 saturated heterocycles. The van der Waals surface area contributed by atoms with E-state index in [0.29, 0.717) is 10.2 Å². The molecule has 2 aromatic rings. The van der Waals surface area contributed by atoms with Crippen molar-refractivity contribution in [2.75, 3.05) is 0 Å². The monoisotopic (exact) mass is 248 g/mol. The van der Waals surface area contributed by atoms with Crippen LogP contribution in [0.25, 0.3) is 11.3 Å². The highest BCUT2D eigenvalue weighted by Crippen LogP contribution is 2.23. The summed E-state index contributed by atoms with van der Waals surface area (Å²) >= 11 is 3.27. The molecule has 0 aliphatic heterocycles. The van der Waals surface area contributed by atoms with Crippen molar-refractivity contribution in [3.8, 4) is 17.3 Å². The molecule has 1 N–H and O–H groups in total. The second-order valence-electron chi connectivity index (χ2n) is 2.65. The summed E-state index contributed by atoms with van der Waals surface area (Å²) in [6.45, 7) is 0. The maximum Gasteiger partial charge on any atom is 0.156 e. The molecule has 68 valence electrons. The van der Waals surface area contributed by atoms with Crippen LogP contribution in [-0.4, -0.2) is 15.4 Å². The molecular formula is C9H5BrN4. The number of hydrogen-bond acceptors (Lipinski definition) is 3. The number of nitrogens with one attached hydrogen (secondary N) is 1. The van der Waals surface area contributed by atoms with Gasteiger partial charge in [0.1, 0.15) is 5.69 Å². The summed E-state index contributed by atoms with van der Waals surface area (Å²) in [5, 5.41) is 19.0. The first kappa shape index (κ1) is 8.91. The van der Waals surface area contributed by atoms with Gasteiger partial charge in [0.15, 0.2) is 4.60 Å². The van der Waals surface area contributed by atoms with Gasteiger partial charge in [0.25, 0.3) is 0 Å². The van der Waals surface area contributed by atoms with Gasteiger partial charge in [-0.25, -0.2) is 0 Å². The Morgan fingerprint density at radius 3 is 2.43 bits per heavy atom. The lowest BCUT2D eigenvalue weighted by atomic mass is 10.1. The van der Waals surface area contributed by atoms with E-state index in [4.69, 9.17) is 5.26 Å². The van der Waals surface area contributed by atoms with Crippen LogP contribution in [0.4, 0.5) is 0 Å². The number of benzene rings is 1. The Morgan fingerprint density at radius 1 is 1.21 bits per heavy atom. The van der Waals surface area contributed by atoms with Gasteiger partial charge in [-0.3, -0.25) is 0 Å². The fraction of sp³-hybridized carbons (Fsp3) is 0. The van der Waals surface area contributed by atoms with Crippen LogP contribution < -0.4 is 0 Å². The Labute approximate surface area is 88.7 Å². The number of hydrogen-bond donors (Lipinski definition) is 1. The van der Waals surface area contributed by atoms with Crippen LogP contribution in [0.15, 0.2) is 28.9 Å². The van der Waals surface area contributed by atoms with Gasteiger partial charge in [-0.1, -0.05) is 12.1 Å². The van der Waals surface area contributed by atoms with Crippen molar-refractivity contribution in [1.29, 1.82) is 5.26 Å². The molecule has 2 rings (SSSR count). The van der Waals surface area contributed by atoms with Crippen molar-refractivity contribution in [2.45, 2.75) is 0 Å². The van der Waals surface area contributed by atoms with Crippen molar-refractivity contribution in [1.82, 2.24) is 15.4 Å². The summed E-state index contributed by atoms with van der Waals surface area (Å²) in [7, 11) is 0. The molecule has 0 fully saturated rings. The Balaban J connectivity index is 2.45. The summed E-state index contributed by atoms with van der Waals surface area (Å²) in [5.74, 6) is 0. The van der Waals surface area contributed by atoms with E-state index in [1.807, 2.05) is 12.1 Å². The molecule has 0 bridgehead atoms. The normalized spacial score (nSPS) is 9.71. The maximum absolute atomic E-state index is 8.62. The largest absolute Gasteiger partial charge is 0.196 e. The van der Waals surface area contributed by atoms with Crippen molar-refractivity contribution >= 4 is 15.9 Å². The lowest BCUT2D eigenvalue weighted by Crippen LogP contribution is -1.80. The predicted octanol–water partition coefficient (Wildman–Crippen LogP) is 2.11. The summed E-state index contributed by atoms with van der Waals surface area (Å²) in [6, 6.07) is 9.22. The zero-order valence-electron chi connectivity index (χ0n) is 7.03. The average molecular weight is 249 g/mol. The second kappa shape index (κ2) is 3.60. The van der Waals surface area contributed by atoms with Crippen molar-refractivity contribution in [2.24, 2.45) is 0 Å². The first-order chi connectivity index (χ1) is 6.81. The number of aromatic nitrogens is 3. The highest BCUT2D eigenvalue weighted by Gasteiger charge is 2.06. The molecular weight excluding hydrogens is 244 g/mol. The van der Waals surface area contributed by atoms with Gasteiger partial charge in [0.05, 0.1) is 11.6 Å². The minimum absolute atomic E-state index is 0.633. The number of rotatable bonds is 1.